The van der Waals surface area contributed by atoms with Crippen molar-refractivity contribution in [3.05, 3.63) is 145 Å². The van der Waals surface area contributed by atoms with Crippen molar-refractivity contribution < 1.29 is 38.0 Å². The second kappa shape index (κ2) is 14.5. The highest BCUT2D eigenvalue weighted by atomic mass is 16.6. The molecule has 51 heavy (non-hydrogen) atoms. The standard InChI is InChI=1S/C43H34O8/c1-27-26-48-36-6-4-8-38(50-42(44)32-14-10-28(11-15-32)30-18-22-34(46-2)23-19-30)40(36)41-37(49-27)7-5-9-39(41)51-43(45)33-16-12-29(13-17-33)31-20-24-35(47-3)25-21-31/h4-25,27H,26H2,1-3H3/t27-/m1/s1. The van der Waals surface area contributed by atoms with Gasteiger partial charge >= 0.3 is 11.9 Å². The van der Waals surface area contributed by atoms with Crippen molar-refractivity contribution in [2.24, 2.45) is 0 Å². The van der Waals surface area contributed by atoms with E-state index >= 15 is 0 Å². The fourth-order valence-electron chi connectivity index (χ4n) is 5.84. The first-order valence-electron chi connectivity index (χ1n) is 16.4. The van der Waals surface area contributed by atoms with Crippen molar-refractivity contribution in [1.29, 1.82) is 0 Å². The predicted molar refractivity (Wildman–Crippen MR) is 194 cm³/mol. The lowest BCUT2D eigenvalue weighted by Gasteiger charge is -2.26. The molecule has 8 heteroatoms. The summed E-state index contributed by atoms with van der Waals surface area (Å²) in [6, 6.07) is 40.1. The van der Waals surface area contributed by atoms with E-state index in [2.05, 4.69) is 0 Å². The molecule has 0 radical (unpaired) electrons. The third-order valence-electron chi connectivity index (χ3n) is 8.52. The van der Waals surface area contributed by atoms with Crippen molar-refractivity contribution in [2.75, 3.05) is 20.8 Å². The molecule has 1 aliphatic rings. The van der Waals surface area contributed by atoms with Crippen LogP contribution in [0.2, 0.25) is 0 Å². The SMILES string of the molecule is COc1ccc(-c2ccc(C(=O)Oc3cccc4c3-c3c(OC(=O)c5ccc(-c6ccc(OC)cc6)cc5)cccc3O[C@H](C)CO4)cc2)cc1. The molecule has 0 saturated carbocycles. The smallest absolute Gasteiger partial charge is 0.343 e. The highest BCUT2D eigenvalue weighted by molar-refractivity contribution is 5.96. The lowest BCUT2D eigenvalue weighted by atomic mass is 10.00. The number of ether oxygens (including phenoxy) is 6. The van der Waals surface area contributed by atoms with E-state index in [4.69, 9.17) is 28.4 Å². The summed E-state index contributed by atoms with van der Waals surface area (Å²) in [5.41, 5.74) is 5.43. The minimum absolute atomic E-state index is 0.225. The first-order chi connectivity index (χ1) is 24.9. The molecule has 6 aromatic rings. The van der Waals surface area contributed by atoms with E-state index in [1.807, 2.05) is 79.7 Å². The maximum Gasteiger partial charge on any atom is 0.343 e. The minimum Gasteiger partial charge on any atom is -0.497 e. The number of carbonyl (C=O) groups is 2. The molecular formula is C43H34O8. The molecule has 0 aliphatic carbocycles. The molecule has 0 fully saturated rings. The van der Waals surface area contributed by atoms with Gasteiger partial charge in [0, 0.05) is 0 Å². The predicted octanol–water partition coefficient (Wildman–Crippen LogP) is 9.30. The summed E-state index contributed by atoms with van der Waals surface area (Å²) in [6.45, 7) is 2.14. The number of methoxy groups -OCH3 is 2. The Morgan fingerprint density at radius 1 is 0.529 bits per heavy atom. The Labute approximate surface area is 295 Å². The van der Waals surface area contributed by atoms with Gasteiger partial charge in [-0.2, -0.15) is 0 Å². The van der Waals surface area contributed by atoms with Crippen molar-refractivity contribution >= 4 is 11.9 Å². The molecule has 0 spiro atoms. The number of hydrogen-bond donors (Lipinski definition) is 0. The van der Waals surface area contributed by atoms with Gasteiger partial charge in [-0.15, -0.1) is 0 Å². The largest absolute Gasteiger partial charge is 0.497 e. The number of esters is 2. The average molecular weight is 679 g/mol. The van der Waals surface area contributed by atoms with Crippen LogP contribution in [-0.2, 0) is 0 Å². The molecule has 1 aliphatic heterocycles. The van der Waals surface area contributed by atoms with Crippen LogP contribution in [-0.4, -0.2) is 38.9 Å². The van der Waals surface area contributed by atoms with E-state index in [1.165, 1.54) is 0 Å². The van der Waals surface area contributed by atoms with Crippen molar-refractivity contribution in [3.8, 4) is 67.9 Å². The summed E-state index contributed by atoms with van der Waals surface area (Å²) in [4.78, 5) is 27.1. The molecule has 0 saturated heterocycles. The molecule has 8 nitrogen and oxygen atoms in total. The van der Waals surface area contributed by atoms with E-state index in [9.17, 15) is 9.59 Å². The molecule has 7 rings (SSSR count). The average Bonchev–Trinajstić information content (AvgIpc) is 3.17. The summed E-state index contributed by atoms with van der Waals surface area (Å²) in [5, 5.41) is 0. The van der Waals surface area contributed by atoms with Gasteiger partial charge in [-0.1, -0.05) is 60.7 Å². The summed E-state index contributed by atoms with van der Waals surface area (Å²) in [6.07, 6.45) is -0.316. The fraction of sp³-hybridized carbons (Fsp3) is 0.116. The zero-order valence-electron chi connectivity index (χ0n) is 28.3. The Balaban J connectivity index is 1.18. The minimum atomic E-state index is -0.561. The van der Waals surface area contributed by atoms with Crippen LogP contribution in [0.5, 0.6) is 34.5 Å². The normalized spacial score (nSPS) is 13.2. The monoisotopic (exact) mass is 678 g/mol. The van der Waals surface area contributed by atoms with Crippen molar-refractivity contribution in [2.45, 2.75) is 13.0 Å². The second-order valence-corrected chi connectivity index (χ2v) is 11.9. The number of rotatable bonds is 8. The van der Waals surface area contributed by atoms with E-state index < -0.39 is 11.9 Å². The molecule has 1 heterocycles. The van der Waals surface area contributed by atoms with E-state index in [1.54, 1.807) is 74.9 Å². The topological polar surface area (TPSA) is 89.5 Å². The molecule has 1 atom stereocenters. The van der Waals surface area contributed by atoms with Gasteiger partial charge < -0.3 is 28.4 Å². The molecule has 0 aromatic heterocycles. The third-order valence-corrected chi connectivity index (χ3v) is 8.52. The van der Waals surface area contributed by atoms with Gasteiger partial charge in [0.1, 0.15) is 47.2 Å². The first-order valence-corrected chi connectivity index (χ1v) is 16.4. The number of fused-ring (bicyclic) bond motifs is 3. The highest BCUT2D eigenvalue weighted by Gasteiger charge is 2.28. The van der Waals surface area contributed by atoms with Crippen LogP contribution in [0.15, 0.2) is 133 Å². The van der Waals surface area contributed by atoms with Gasteiger partial charge in [-0.05, 0) is 102 Å². The molecule has 0 unspecified atom stereocenters. The van der Waals surface area contributed by atoms with Crippen molar-refractivity contribution in [3.63, 3.8) is 0 Å². The van der Waals surface area contributed by atoms with Gasteiger partial charge in [-0.3, -0.25) is 0 Å². The second-order valence-electron chi connectivity index (χ2n) is 11.9. The third kappa shape index (κ3) is 7.12. The zero-order chi connectivity index (χ0) is 35.3. The van der Waals surface area contributed by atoms with Gasteiger partial charge in [0.25, 0.3) is 0 Å². The summed E-state index contributed by atoms with van der Waals surface area (Å²) >= 11 is 0. The summed E-state index contributed by atoms with van der Waals surface area (Å²) < 4.78 is 35.0. The zero-order valence-corrected chi connectivity index (χ0v) is 28.3. The summed E-state index contributed by atoms with van der Waals surface area (Å²) in [7, 11) is 3.25. The van der Waals surface area contributed by atoms with Gasteiger partial charge in [0.15, 0.2) is 0 Å². The van der Waals surface area contributed by atoms with Crippen LogP contribution in [0.25, 0.3) is 33.4 Å². The Morgan fingerprint density at radius 2 is 0.922 bits per heavy atom. The van der Waals surface area contributed by atoms with Crippen LogP contribution >= 0.6 is 0 Å². The van der Waals surface area contributed by atoms with Gasteiger partial charge in [-0.25, -0.2) is 9.59 Å². The Kier molecular flexibility index (Phi) is 9.39. The maximum absolute atomic E-state index is 13.6. The highest BCUT2D eigenvalue weighted by Crippen LogP contribution is 2.49. The maximum atomic E-state index is 13.6. The molecule has 0 bridgehead atoms. The van der Waals surface area contributed by atoms with Crippen LogP contribution in [0.4, 0.5) is 0 Å². The van der Waals surface area contributed by atoms with Gasteiger partial charge in [0.05, 0.1) is 36.5 Å². The lowest BCUT2D eigenvalue weighted by Crippen LogP contribution is -2.23. The molecule has 254 valence electrons. The van der Waals surface area contributed by atoms with E-state index in [0.29, 0.717) is 33.8 Å². The van der Waals surface area contributed by atoms with Gasteiger partial charge in [0.2, 0.25) is 0 Å². The molecular weight excluding hydrogens is 644 g/mol. The van der Waals surface area contributed by atoms with Crippen LogP contribution in [0, 0.1) is 0 Å². The fourth-order valence-corrected chi connectivity index (χ4v) is 5.84. The molecule has 6 aromatic carbocycles. The lowest BCUT2D eigenvalue weighted by molar-refractivity contribution is 0.0720. The Bertz CT molecular complexity index is 2170. The van der Waals surface area contributed by atoms with Crippen LogP contribution in [0.1, 0.15) is 27.6 Å². The van der Waals surface area contributed by atoms with E-state index in [0.717, 1.165) is 33.8 Å². The van der Waals surface area contributed by atoms with E-state index in [-0.39, 0.29) is 24.2 Å². The Morgan fingerprint density at radius 3 is 1.35 bits per heavy atom. The molecule has 0 N–H and O–H groups in total. The summed E-state index contributed by atoms with van der Waals surface area (Å²) in [5.74, 6) is 1.77. The molecule has 0 amide bonds. The van der Waals surface area contributed by atoms with Crippen molar-refractivity contribution in [1.82, 2.24) is 0 Å². The van der Waals surface area contributed by atoms with Crippen LogP contribution < -0.4 is 28.4 Å². The number of carbonyl (C=O) groups excluding carboxylic acids is 2. The first kappa shape index (κ1) is 33.0. The number of hydrogen-bond acceptors (Lipinski definition) is 8. The Hall–Kier alpha value is -6.54. The quantitative estimate of drug-likeness (QED) is 0.116. The number of benzene rings is 6. The van der Waals surface area contributed by atoms with Crippen LogP contribution in [0.3, 0.4) is 0 Å².